The molecule has 0 aromatic heterocycles. The average molecular weight is 1050 g/mol. The van der Waals surface area contributed by atoms with Gasteiger partial charge in [-0.15, -0.1) is 0 Å². The smallest absolute Gasteiger partial charge is 0.306 e. The molecule has 10 N–H and O–H groups in total. The summed E-state index contributed by atoms with van der Waals surface area (Å²) in [7, 11) is 0. The van der Waals surface area contributed by atoms with Crippen LogP contribution in [0.25, 0.3) is 0 Å². The molecule has 0 heterocycles. The molecule has 10 unspecified atom stereocenters. The monoisotopic (exact) mass is 1050 g/mol. The number of carbonyl (C=O) groups is 3. The molecule has 0 amide bonds. The van der Waals surface area contributed by atoms with Crippen LogP contribution < -0.4 is 0 Å². The number of hydrogen-bond donors (Lipinski definition) is 10. The molecule has 0 aromatic rings. The van der Waals surface area contributed by atoms with E-state index in [1.54, 1.807) is 0 Å². The molecule has 16 heteroatoms. The van der Waals surface area contributed by atoms with E-state index in [9.17, 15) is 65.4 Å². The molecule has 0 radical (unpaired) electrons. The standard InChI is InChI=1S/C57H110O16/c1-4-7-10-11-15-24-33-45(58)46(59)34-25-16-14-21-30-39-57(70)73-44(42-71-55(68)37-28-19-12-17-26-35-49(62)53(66)40-51(64)47(60)31-22-8-5-2)43-72-56(69)38-29-20-13-18-27-36-50(63)54(67)41-52(65)48(61)32-23-9-6-3/h44-54,58-67H,4-43H2,1-3H3. The fourth-order valence-electron chi connectivity index (χ4n) is 8.95. The summed E-state index contributed by atoms with van der Waals surface area (Å²) < 4.78 is 16.5. The molecule has 0 aliphatic rings. The van der Waals surface area contributed by atoms with Crippen LogP contribution in [0.15, 0.2) is 0 Å². The second-order valence-corrected chi connectivity index (χ2v) is 21.1. The van der Waals surface area contributed by atoms with Crippen molar-refractivity contribution in [1.29, 1.82) is 0 Å². The molecule has 0 aliphatic heterocycles. The predicted molar refractivity (Wildman–Crippen MR) is 284 cm³/mol. The summed E-state index contributed by atoms with van der Waals surface area (Å²) in [4.78, 5) is 38.2. The Morgan fingerprint density at radius 3 is 0.808 bits per heavy atom. The van der Waals surface area contributed by atoms with Crippen LogP contribution in [0.5, 0.6) is 0 Å². The first-order chi connectivity index (χ1) is 35.1. The van der Waals surface area contributed by atoms with Gasteiger partial charge in [-0.05, 0) is 57.8 Å². The summed E-state index contributed by atoms with van der Waals surface area (Å²) in [6.45, 7) is 5.74. The Balaban J connectivity index is 4.76. The lowest BCUT2D eigenvalue weighted by molar-refractivity contribution is -0.167. The third-order valence-electron chi connectivity index (χ3n) is 14.0. The van der Waals surface area contributed by atoms with Gasteiger partial charge in [0.1, 0.15) is 13.2 Å². The lowest BCUT2D eigenvalue weighted by Crippen LogP contribution is -2.35. The number of ether oxygens (including phenoxy) is 3. The van der Waals surface area contributed by atoms with E-state index in [0.717, 1.165) is 122 Å². The second kappa shape index (κ2) is 48.4. The first kappa shape index (κ1) is 71.0. The van der Waals surface area contributed by atoms with E-state index in [-0.39, 0.29) is 45.3 Å². The molecule has 10 atom stereocenters. The zero-order valence-electron chi connectivity index (χ0n) is 46.1. The highest BCUT2D eigenvalue weighted by molar-refractivity contribution is 5.71. The Morgan fingerprint density at radius 2 is 0.507 bits per heavy atom. The van der Waals surface area contributed by atoms with Crippen molar-refractivity contribution < 1.29 is 79.7 Å². The van der Waals surface area contributed by atoms with Gasteiger partial charge in [0.2, 0.25) is 0 Å². The molecule has 0 aliphatic carbocycles. The zero-order valence-corrected chi connectivity index (χ0v) is 46.1. The van der Waals surface area contributed by atoms with Gasteiger partial charge < -0.3 is 65.3 Å². The Kier molecular flexibility index (Phi) is 47.1. The average Bonchev–Trinajstić information content (AvgIpc) is 3.36. The Labute approximate surface area is 441 Å². The largest absolute Gasteiger partial charge is 0.462 e. The molecule has 0 fully saturated rings. The highest BCUT2D eigenvalue weighted by atomic mass is 16.6. The fourth-order valence-corrected chi connectivity index (χ4v) is 8.95. The number of esters is 3. The van der Waals surface area contributed by atoms with Crippen LogP contribution in [-0.4, -0.2) is 149 Å². The van der Waals surface area contributed by atoms with Crippen molar-refractivity contribution >= 4 is 17.9 Å². The summed E-state index contributed by atoms with van der Waals surface area (Å²) in [5.74, 6) is -1.44. The summed E-state index contributed by atoms with van der Waals surface area (Å²) in [6.07, 6.45) is 15.3. The minimum Gasteiger partial charge on any atom is -0.462 e. The van der Waals surface area contributed by atoms with Gasteiger partial charge in [-0.25, -0.2) is 0 Å². The highest BCUT2D eigenvalue weighted by Gasteiger charge is 2.26. The third kappa shape index (κ3) is 41.8. The van der Waals surface area contributed by atoms with Crippen molar-refractivity contribution in [2.75, 3.05) is 13.2 Å². The van der Waals surface area contributed by atoms with Crippen LogP contribution in [-0.2, 0) is 28.6 Å². The van der Waals surface area contributed by atoms with Crippen molar-refractivity contribution in [1.82, 2.24) is 0 Å². The maximum Gasteiger partial charge on any atom is 0.306 e. The van der Waals surface area contributed by atoms with E-state index >= 15 is 0 Å². The van der Waals surface area contributed by atoms with E-state index in [1.807, 2.05) is 0 Å². The summed E-state index contributed by atoms with van der Waals surface area (Å²) in [5, 5.41) is 103. The Morgan fingerprint density at radius 1 is 0.288 bits per heavy atom. The minimum atomic E-state index is -1.13. The molecule has 0 bridgehead atoms. The van der Waals surface area contributed by atoms with Gasteiger partial charge >= 0.3 is 17.9 Å². The molecular formula is C57H110O16. The van der Waals surface area contributed by atoms with Crippen LogP contribution >= 0.6 is 0 Å². The maximum absolute atomic E-state index is 12.9. The van der Waals surface area contributed by atoms with E-state index in [4.69, 9.17) is 14.2 Å². The number of carbonyl (C=O) groups excluding carboxylic acids is 3. The lowest BCUT2D eigenvalue weighted by Gasteiger charge is -2.23. The zero-order chi connectivity index (χ0) is 54.5. The Bertz CT molecular complexity index is 1210. The number of rotatable bonds is 53. The highest BCUT2D eigenvalue weighted by Crippen LogP contribution is 2.20. The van der Waals surface area contributed by atoms with Gasteiger partial charge in [-0.1, -0.05) is 175 Å². The molecule has 0 aromatic carbocycles. The molecule has 0 saturated heterocycles. The fraction of sp³-hybridized carbons (Fsp3) is 0.947. The predicted octanol–water partition coefficient (Wildman–Crippen LogP) is 8.48. The normalized spacial score (nSPS) is 16.4. The maximum atomic E-state index is 12.9. The van der Waals surface area contributed by atoms with Crippen molar-refractivity contribution in [3.63, 3.8) is 0 Å². The first-order valence-corrected chi connectivity index (χ1v) is 29.4. The molecule has 0 rings (SSSR count). The number of aliphatic hydroxyl groups excluding tert-OH is 10. The van der Waals surface area contributed by atoms with Gasteiger partial charge in [0.25, 0.3) is 0 Å². The second-order valence-electron chi connectivity index (χ2n) is 21.1. The first-order valence-electron chi connectivity index (χ1n) is 29.4. The van der Waals surface area contributed by atoms with Crippen LogP contribution in [0.2, 0.25) is 0 Å². The van der Waals surface area contributed by atoms with Crippen molar-refractivity contribution in [3.05, 3.63) is 0 Å². The van der Waals surface area contributed by atoms with Gasteiger partial charge in [0.15, 0.2) is 6.10 Å². The molecule has 0 saturated carbocycles. The van der Waals surface area contributed by atoms with E-state index in [1.165, 1.54) is 19.3 Å². The Hall–Kier alpha value is -1.99. The number of hydrogen-bond acceptors (Lipinski definition) is 16. The molecule has 0 spiro atoms. The van der Waals surface area contributed by atoms with Crippen molar-refractivity contribution in [2.24, 2.45) is 0 Å². The topological polar surface area (TPSA) is 281 Å². The number of aliphatic hydroxyl groups is 10. The summed E-state index contributed by atoms with van der Waals surface area (Å²) in [5.41, 5.74) is 0. The van der Waals surface area contributed by atoms with Crippen LogP contribution in [0.4, 0.5) is 0 Å². The van der Waals surface area contributed by atoms with Crippen LogP contribution in [0.3, 0.4) is 0 Å². The SMILES string of the molecule is CCCCCCCCC(O)C(O)CCCCCCCC(=O)OC(COC(=O)CCCCCCCC(O)C(O)CC(O)C(O)CCCCC)COC(=O)CCCCCCCC(O)C(O)CC(O)C(O)CCCCC. The molecule has 434 valence electrons. The minimum absolute atomic E-state index is 0.0929. The van der Waals surface area contributed by atoms with E-state index in [0.29, 0.717) is 70.6 Å². The van der Waals surface area contributed by atoms with Crippen LogP contribution in [0.1, 0.15) is 265 Å². The lowest BCUT2D eigenvalue weighted by atomic mass is 9.96. The van der Waals surface area contributed by atoms with Crippen molar-refractivity contribution in [3.8, 4) is 0 Å². The van der Waals surface area contributed by atoms with Gasteiger partial charge in [-0.3, -0.25) is 14.4 Å². The molecular weight excluding hydrogens is 941 g/mol. The third-order valence-corrected chi connectivity index (χ3v) is 14.0. The quantitative estimate of drug-likeness (QED) is 0.0155. The summed E-state index contributed by atoms with van der Waals surface area (Å²) in [6, 6.07) is 0. The number of unbranched alkanes of at least 4 members (excludes halogenated alkanes) is 21. The van der Waals surface area contributed by atoms with Crippen molar-refractivity contribution in [2.45, 2.75) is 332 Å². The molecule has 16 nitrogen and oxygen atoms in total. The molecule has 73 heavy (non-hydrogen) atoms. The van der Waals surface area contributed by atoms with Gasteiger partial charge in [-0.2, -0.15) is 0 Å². The van der Waals surface area contributed by atoms with Gasteiger partial charge in [0, 0.05) is 32.1 Å². The van der Waals surface area contributed by atoms with Gasteiger partial charge in [0.05, 0.1) is 61.0 Å². The summed E-state index contributed by atoms with van der Waals surface area (Å²) >= 11 is 0. The van der Waals surface area contributed by atoms with Crippen LogP contribution in [0, 0.1) is 0 Å². The van der Waals surface area contributed by atoms with E-state index in [2.05, 4.69) is 20.8 Å². The van der Waals surface area contributed by atoms with E-state index < -0.39 is 85.1 Å².